The van der Waals surface area contributed by atoms with Crippen LogP contribution in [0.1, 0.15) is 23.8 Å². The van der Waals surface area contributed by atoms with Gasteiger partial charge < -0.3 is 4.74 Å². The second-order valence-electron chi connectivity index (χ2n) is 4.80. The number of imidazole rings is 1. The largest absolute Gasteiger partial charge is 0.497 e. The molecule has 1 aromatic carbocycles. The lowest BCUT2D eigenvalue weighted by Gasteiger charge is -2.00. The molecule has 1 aliphatic carbocycles. The lowest BCUT2D eigenvalue weighted by atomic mass is 10.2. The zero-order valence-electron chi connectivity index (χ0n) is 10.5. The van der Waals surface area contributed by atoms with Crippen LogP contribution in [0.15, 0.2) is 30.5 Å². The van der Waals surface area contributed by atoms with Gasteiger partial charge in [0.05, 0.1) is 19.0 Å². The molecule has 1 saturated carbocycles. The number of ether oxygens (including phenoxy) is 1. The molecule has 2 heterocycles. The maximum atomic E-state index is 5.16. The van der Waals surface area contributed by atoms with E-state index in [0.29, 0.717) is 5.92 Å². The first-order chi connectivity index (χ1) is 9.33. The first-order valence-electron chi connectivity index (χ1n) is 6.34. The van der Waals surface area contributed by atoms with E-state index in [-0.39, 0.29) is 0 Å². The molecule has 1 fully saturated rings. The van der Waals surface area contributed by atoms with Crippen molar-refractivity contribution in [3.8, 4) is 17.0 Å². The number of nitrogens with zero attached hydrogens (tertiary/aromatic N) is 3. The van der Waals surface area contributed by atoms with Crippen LogP contribution in [-0.2, 0) is 0 Å². The summed E-state index contributed by atoms with van der Waals surface area (Å²) in [5, 5.41) is 5.83. The molecule has 96 valence electrons. The number of hydrogen-bond donors (Lipinski definition) is 0. The van der Waals surface area contributed by atoms with Gasteiger partial charge in [-0.15, -0.1) is 0 Å². The van der Waals surface area contributed by atoms with Crippen LogP contribution in [0.5, 0.6) is 5.75 Å². The van der Waals surface area contributed by atoms with E-state index in [4.69, 9.17) is 4.74 Å². The van der Waals surface area contributed by atoms with Crippen molar-refractivity contribution in [1.29, 1.82) is 0 Å². The average molecular weight is 271 g/mol. The highest BCUT2D eigenvalue weighted by Gasteiger charge is 2.27. The monoisotopic (exact) mass is 271 g/mol. The van der Waals surface area contributed by atoms with Gasteiger partial charge in [0.2, 0.25) is 4.96 Å². The molecule has 1 aliphatic rings. The molecule has 0 bridgehead atoms. The minimum atomic E-state index is 0.691. The normalized spacial score (nSPS) is 15.0. The summed E-state index contributed by atoms with van der Waals surface area (Å²) in [6.45, 7) is 0. The molecule has 19 heavy (non-hydrogen) atoms. The molecule has 0 atom stereocenters. The molecule has 0 spiro atoms. The Bertz CT molecular complexity index is 693. The fourth-order valence-electron chi connectivity index (χ4n) is 2.11. The van der Waals surface area contributed by atoms with Gasteiger partial charge in [-0.3, -0.25) is 0 Å². The summed E-state index contributed by atoms with van der Waals surface area (Å²) in [6, 6.07) is 7.94. The number of fused-ring (bicyclic) bond motifs is 1. The summed E-state index contributed by atoms with van der Waals surface area (Å²) in [4.78, 5) is 5.63. The van der Waals surface area contributed by atoms with Gasteiger partial charge in [-0.25, -0.2) is 9.50 Å². The van der Waals surface area contributed by atoms with Crippen molar-refractivity contribution in [3.63, 3.8) is 0 Å². The fourth-order valence-corrected chi connectivity index (χ4v) is 3.16. The van der Waals surface area contributed by atoms with E-state index < -0.39 is 0 Å². The Morgan fingerprint density at radius 3 is 2.68 bits per heavy atom. The van der Waals surface area contributed by atoms with Crippen molar-refractivity contribution in [2.75, 3.05) is 7.11 Å². The van der Waals surface area contributed by atoms with E-state index in [1.165, 1.54) is 17.8 Å². The summed E-state index contributed by atoms with van der Waals surface area (Å²) >= 11 is 1.71. The molecule has 4 rings (SSSR count). The Morgan fingerprint density at radius 2 is 2.05 bits per heavy atom. The minimum absolute atomic E-state index is 0.691. The molecule has 0 amide bonds. The van der Waals surface area contributed by atoms with Gasteiger partial charge in [0.1, 0.15) is 10.8 Å². The summed E-state index contributed by atoms with van der Waals surface area (Å²) in [6.07, 6.45) is 4.56. The van der Waals surface area contributed by atoms with Crippen LogP contribution in [-0.4, -0.2) is 21.7 Å². The highest BCUT2D eigenvalue weighted by atomic mass is 32.1. The highest BCUT2D eigenvalue weighted by Crippen LogP contribution is 2.42. The minimum Gasteiger partial charge on any atom is -0.497 e. The molecule has 5 heteroatoms. The number of methoxy groups -OCH3 is 1. The van der Waals surface area contributed by atoms with Crippen molar-refractivity contribution < 1.29 is 4.74 Å². The number of rotatable bonds is 3. The third-order valence-corrected chi connectivity index (χ3v) is 4.46. The maximum Gasteiger partial charge on any atom is 0.212 e. The fraction of sp³-hybridized carbons (Fsp3) is 0.286. The molecular weight excluding hydrogens is 258 g/mol. The third-order valence-electron chi connectivity index (χ3n) is 3.37. The lowest BCUT2D eigenvalue weighted by Crippen LogP contribution is -1.84. The topological polar surface area (TPSA) is 39.4 Å². The predicted molar refractivity (Wildman–Crippen MR) is 74.8 cm³/mol. The SMILES string of the molecule is COc1ccc(-c2cn3nc(C4CC4)sc3n2)cc1. The van der Waals surface area contributed by atoms with Gasteiger partial charge in [0.15, 0.2) is 0 Å². The summed E-state index contributed by atoms with van der Waals surface area (Å²) in [5.41, 5.74) is 2.05. The van der Waals surface area contributed by atoms with E-state index >= 15 is 0 Å². The molecule has 2 aromatic heterocycles. The van der Waals surface area contributed by atoms with Crippen molar-refractivity contribution in [2.45, 2.75) is 18.8 Å². The Balaban J connectivity index is 1.71. The van der Waals surface area contributed by atoms with Gasteiger partial charge in [0, 0.05) is 11.5 Å². The third kappa shape index (κ3) is 1.90. The zero-order valence-corrected chi connectivity index (χ0v) is 11.4. The van der Waals surface area contributed by atoms with Gasteiger partial charge in [0.25, 0.3) is 0 Å². The quantitative estimate of drug-likeness (QED) is 0.733. The molecule has 0 unspecified atom stereocenters. The zero-order chi connectivity index (χ0) is 12.8. The van der Waals surface area contributed by atoms with Gasteiger partial charge in [-0.1, -0.05) is 11.3 Å². The Kier molecular flexibility index (Phi) is 2.35. The smallest absolute Gasteiger partial charge is 0.212 e. The van der Waals surface area contributed by atoms with Crippen molar-refractivity contribution in [3.05, 3.63) is 35.5 Å². The summed E-state index contributed by atoms with van der Waals surface area (Å²) < 4.78 is 7.06. The Labute approximate surface area is 114 Å². The predicted octanol–water partition coefficient (Wildman–Crippen LogP) is 3.34. The second kappa shape index (κ2) is 4.06. The molecule has 0 N–H and O–H groups in total. The van der Waals surface area contributed by atoms with Crippen LogP contribution in [0.25, 0.3) is 16.2 Å². The van der Waals surface area contributed by atoms with E-state index in [0.717, 1.165) is 22.0 Å². The van der Waals surface area contributed by atoms with E-state index in [1.807, 2.05) is 35.0 Å². The first-order valence-corrected chi connectivity index (χ1v) is 7.15. The number of hydrogen-bond acceptors (Lipinski definition) is 4. The van der Waals surface area contributed by atoms with Crippen LogP contribution in [0.2, 0.25) is 0 Å². The van der Waals surface area contributed by atoms with Gasteiger partial charge in [-0.05, 0) is 37.1 Å². The molecule has 3 aromatic rings. The molecule has 0 radical (unpaired) electrons. The molecule has 0 aliphatic heterocycles. The van der Waals surface area contributed by atoms with Crippen LogP contribution in [0, 0.1) is 0 Å². The molecule has 0 saturated heterocycles. The average Bonchev–Trinajstić information content (AvgIpc) is 3.10. The van der Waals surface area contributed by atoms with E-state index in [2.05, 4.69) is 10.1 Å². The van der Waals surface area contributed by atoms with Crippen molar-refractivity contribution >= 4 is 16.3 Å². The molecule has 4 nitrogen and oxygen atoms in total. The standard InChI is InChI=1S/C14H13N3OS/c1-18-11-6-4-9(5-7-11)12-8-17-14(15-12)19-13(16-17)10-2-3-10/h4-8,10H,2-3H2,1H3. The van der Waals surface area contributed by atoms with Gasteiger partial charge >= 0.3 is 0 Å². The Hall–Kier alpha value is -1.88. The Morgan fingerprint density at radius 1 is 1.26 bits per heavy atom. The first kappa shape index (κ1) is 11.0. The van der Waals surface area contributed by atoms with Crippen LogP contribution >= 0.6 is 11.3 Å². The van der Waals surface area contributed by atoms with Crippen LogP contribution in [0.3, 0.4) is 0 Å². The number of aromatic nitrogens is 3. The summed E-state index contributed by atoms with van der Waals surface area (Å²) in [5.74, 6) is 1.55. The lowest BCUT2D eigenvalue weighted by molar-refractivity contribution is 0.415. The van der Waals surface area contributed by atoms with Crippen LogP contribution < -0.4 is 4.74 Å². The van der Waals surface area contributed by atoms with Crippen LogP contribution in [0.4, 0.5) is 0 Å². The maximum absolute atomic E-state index is 5.16. The number of benzene rings is 1. The van der Waals surface area contributed by atoms with E-state index in [1.54, 1.807) is 18.4 Å². The van der Waals surface area contributed by atoms with E-state index in [9.17, 15) is 0 Å². The summed E-state index contributed by atoms with van der Waals surface area (Å²) in [7, 11) is 1.67. The van der Waals surface area contributed by atoms with Gasteiger partial charge in [-0.2, -0.15) is 5.10 Å². The molecular formula is C14H13N3OS. The second-order valence-corrected chi connectivity index (χ2v) is 5.78. The highest BCUT2D eigenvalue weighted by molar-refractivity contribution is 7.16. The van der Waals surface area contributed by atoms with Crippen molar-refractivity contribution in [1.82, 2.24) is 14.6 Å². The van der Waals surface area contributed by atoms with Crippen molar-refractivity contribution in [2.24, 2.45) is 0 Å².